The first-order valence-electron chi connectivity index (χ1n) is 6.82. The van der Waals surface area contributed by atoms with Gasteiger partial charge in [-0.05, 0) is 72.8 Å². The molecular weight excluding hydrogens is 228 g/mol. The molecule has 1 fully saturated rings. The molecule has 0 atom stereocenters. The second-order valence-corrected chi connectivity index (χ2v) is 6.72. The Kier molecular flexibility index (Phi) is 4.26. The van der Waals surface area contributed by atoms with E-state index in [0.717, 1.165) is 37.5 Å². The van der Waals surface area contributed by atoms with E-state index in [-0.39, 0.29) is 5.60 Å². The van der Waals surface area contributed by atoms with E-state index in [9.17, 15) is 5.11 Å². The molecule has 0 bridgehead atoms. The highest BCUT2D eigenvalue weighted by Gasteiger charge is 2.33. The molecule has 1 aliphatic rings. The average molecular weight is 252 g/mol. The Morgan fingerprint density at radius 1 is 1.41 bits per heavy atom. The van der Waals surface area contributed by atoms with Crippen molar-refractivity contribution in [2.24, 2.45) is 11.8 Å². The van der Waals surface area contributed by atoms with E-state index in [1.54, 1.807) is 11.3 Å². The molecule has 1 aromatic rings. The Hall–Kier alpha value is -0.340. The van der Waals surface area contributed by atoms with Crippen LogP contribution in [0.5, 0.6) is 0 Å². The largest absolute Gasteiger partial charge is 0.390 e. The van der Waals surface area contributed by atoms with E-state index in [4.69, 9.17) is 0 Å². The Labute approximate surface area is 109 Å². The zero-order valence-electron chi connectivity index (χ0n) is 11.0. The molecule has 0 spiro atoms. The molecular formula is C15H24OS. The standard InChI is InChI=1S/C15H24OS/c1-12(2)14-4-8-15(16,9-5-14)7-3-13-6-10-17-11-13/h6,10-12,14,16H,3-5,7-9H2,1-2H3. The first kappa shape index (κ1) is 13.1. The monoisotopic (exact) mass is 252 g/mol. The lowest BCUT2D eigenvalue weighted by Gasteiger charge is -2.37. The van der Waals surface area contributed by atoms with Gasteiger partial charge >= 0.3 is 0 Å². The molecule has 1 heterocycles. The van der Waals surface area contributed by atoms with Gasteiger partial charge in [0.2, 0.25) is 0 Å². The maximum atomic E-state index is 10.6. The lowest BCUT2D eigenvalue weighted by atomic mass is 9.73. The summed E-state index contributed by atoms with van der Waals surface area (Å²) in [7, 11) is 0. The van der Waals surface area contributed by atoms with Crippen LogP contribution in [-0.2, 0) is 6.42 Å². The fourth-order valence-corrected chi connectivity index (χ4v) is 3.61. The zero-order chi connectivity index (χ0) is 12.3. The molecule has 2 heteroatoms. The lowest BCUT2D eigenvalue weighted by molar-refractivity contribution is -0.0216. The summed E-state index contributed by atoms with van der Waals surface area (Å²) in [6, 6.07) is 2.17. The highest BCUT2D eigenvalue weighted by atomic mass is 32.1. The van der Waals surface area contributed by atoms with E-state index in [2.05, 4.69) is 30.7 Å². The SMILES string of the molecule is CC(C)C1CCC(O)(CCc2ccsc2)CC1. The van der Waals surface area contributed by atoms with Crippen LogP contribution in [0.25, 0.3) is 0 Å². The molecule has 0 radical (unpaired) electrons. The zero-order valence-corrected chi connectivity index (χ0v) is 11.8. The van der Waals surface area contributed by atoms with Gasteiger partial charge in [0.05, 0.1) is 5.60 Å². The third kappa shape index (κ3) is 3.56. The van der Waals surface area contributed by atoms with Crippen LogP contribution in [0.15, 0.2) is 16.8 Å². The minimum Gasteiger partial charge on any atom is -0.390 e. The van der Waals surface area contributed by atoms with Gasteiger partial charge in [-0.25, -0.2) is 0 Å². The quantitative estimate of drug-likeness (QED) is 0.849. The summed E-state index contributed by atoms with van der Waals surface area (Å²) in [4.78, 5) is 0. The number of aryl methyl sites for hydroxylation is 1. The van der Waals surface area contributed by atoms with Gasteiger partial charge < -0.3 is 5.11 Å². The van der Waals surface area contributed by atoms with Crippen LogP contribution in [0, 0.1) is 11.8 Å². The summed E-state index contributed by atoms with van der Waals surface area (Å²) >= 11 is 1.75. The van der Waals surface area contributed by atoms with Gasteiger partial charge in [0.25, 0.3) is 0 Å². The van der Waals surface area contributed by atoms with Crippen molar-refractivity contribution >= 4 is 11.3 Å². The van der Waals surface area contributed by atoms with Gasteiger partial charge in [-0.1, -0.05) is 13.8 Å². The Bertz CT molecular complexity index is 321. The first-order valence-corrected chi connectivity index (χ1v) is 7.77. The van der Waals surface area contributed by atoms with Gasteiger partial charge in [0.1, 0.15) is 0 Å². The smallest absolute Gasteiger partial charge is 0.0651 e. The van der Waals surface area contributed by atoms with Crippen molar-refractivity contribution in [3.63, 3.8) is 0 Å². The van der Waals surface area contributed by atoms with Crippen molar-refractivity contribution in [3.05, 3.63) is 22.4 Å². The minimum atomic E-state index is -0.382. The van der Waals surface area contributed by atoms with Gasteiger partial charge in [-0.2, -0.15) is 11.3 Å². The third-order valence-electron chi connectivity index (χ3n) is 4.36. The molecule has 1 aliphatic carbocycles. The van der Waals surface area contributed by atoms with E-state index < -0.39 is 0 Å². The molecule has 17 heavy (non-hydrogen) atoms. The lowest BCUT2D eigenvalue weighted by Crippen LogP contribution is -2.35. The summed E-state index contributed by atoms with van der Waals surface area (Å²) in [5, 5.41) is 14.9. The van der Waals surface area contributed by atoms with E-state index in [1.807, 2.05) is 0 Å². The first-order chi connectivity index (χ1) is 8.09. The maximum Gasteiger partial charge on any atom is 0.0651 e. The molecule has 0 saturated heterocycles. The van der Waals surface area contributed by atoms with E-state index >= 15 is 0 Å². The number of aliphatic hydroxyl groups is 1. The van der Waals surface area contributed by atoms with Crippen molar-refractivity contribution in [2.45, 2.75) is 58.0 Å². The molecule has 1 saturated carbocycles. The van der Waals surface area contributed by atoms with Crippen molar-refractivity contribution in [1.29, 1.82) is 0 Å². The van der Waals surface area contributed by atoms with Crippen LogP contribution < -0.4 is 0 Å². The van der Waals surface area contributed by atoms with Gasteiger partial charge in [0.15, 0.2) is 0 Å². The molecule has 2 rings (SSSR count). The summed E-state index contributed by atoms with van der Waals surface area (Å²) < 4.78 is 0. The molecule has 1 aromatic heterocycles. The van der Waals surface area contributed by atoms with Gasteiger partial charge in [-0.3, -0.25) is 0 Å². The van der Waals surface area contributed by atoms with Crippen molar-refractivity contribution in [2.75, 3.05) is 0 Å². The summed E-state index contributed by atoms with van der Waals surface area (Å²) in [6.07, 6.45) is 6.39. The van der Waals surface area contributed by atoms with Crippen LogP contribution in [0.3, 0.4) is 0 Å². The Morgan fingerprint density at radius 2 is 2.12 bits per heavy atom. The van der Waals surface area contributed by atoms with Crippen molar-refractivity contribution in [3.8, 4) is 0 Å². The number of rotatable bonds is 4. The minimum absolute atomic E-state index is 0.382. The molecule has 0 amide bonds. The predicted octanol–water partition coefficient (Wildman–Crippen LogP) is 4.26. The normalized spacial score (nSPS) is 29.8. The third-order valence-corrected chi connectivity index (χ3v) is 5.09. The molecule has 1 N–H and O–H groups in total. The van der Waals surface area contributed by atoms with Crippen LogP contribution in [-0.4, -0.2) is 10.7 Å². The van der Waals surface area contributed by atoms with Gasteiger partial charge in [0, 0.05) is 0 Å². The molecule has 0 unspecified atom stereocenters. The van der Waals surface area contributed by atoms with Gasteiger partial charge in [-0.15, -0.1) is 0 Å². The van der Waals surface area contributed by atoms with Crippen LogP contribution >= 0.6 is 11.3 Å². The van der Waals surface area contributed by atoms with Crippen molar-refractivity contribution in [1.82, 2.24) is 0 Å². The highest BCUT2D eigenvalue weighted by Crippen LogP contribution is 2.38. The van der Waals surface area contributed by atoms with Crippen LogP contribution in [0.4, 0.5) is 0 Å². The average Bonchev–Trinajstić information content (AvgIpc) is 2.80. The second kappa shape index (κ2) is 5.53. The highest BCUT2D eigenvalue weighted by molar-refractivity contribution is 7.07. The summed E-state index contributed by atoms with van der Waals surface area (Å²) in [5.74, 6) is 1.60. The van der Waals surface area contributed by atoms with Crippen molar-refractivity contribution < 1.29 is 5.11 Å². The summed E-state index contributed by atoms with van der Waals surface area (Å²) in [6.45, 7) is 4.61. The molecule has 0 aliphatic heterocycles. The van der Waals surface area contributed by atoms with E-state index in [0.29, 0.717) is 0 Å². The fourth-order valence-electron chi connectivity index (χ4n) is 2.91. The molecule has 0 aromatic carbocycles. The fraction of sp³-hybridized carbons (Fsp3) is 0.733. The van der Waals surface area contributed by atoms with E-state index in [1.165, 1.54) is 18.4 Å². The number of hydrogen-bond donors (Lipinski definition) is 1. The summed E-state index contributed by atoms with van der Waals surface area (Å²) in [5.41, 5.74) is 1.00. The van der Waals surface area contributed by atoms with Crippen LogP contribution in [0.1, 0.15) is 51.5 Å². The number of hydrogen-bond acceptors (Lipinski definition) is 2. The predicted molar refractivity (Wildman–Crippen MR) is 74.4 cm³/mol. The molecule has 96 valence electrons. The topological polar surface area (TPSA) is 20.2 Å². The molecule has 1 nitrogen and oxygen atoms in total. The number of thiophene rings is 1. The Morgan fingerprint density at radius 3 is 2.65 bits per heavy atom. The maximum absolute atomic E-state index is 10.6. The Balaban J connectivity index is 1.81. The van der Waals surface area contributed by atoms with Crippen LogP contribution in [0.2, 0.25) is 0 Å². The second-order valence-electron chi connectivity index (χ2n) is 5.94.